The first-order valence-corrected chi connectivity index (χ1v) is 6.27. The normalized spacial score (nSPS) is 23.3. The van der Waals surface area contributed by atoms with Crippen molar-refractivity contribution in [2.24, 2.45) is 0 Å². The van der Waals surface area contributed by atoms with Gasteiger partial charge in [0.25, 0.3) is 0 Å². The zero-order valence-electron chi connectivity index (χ0n) is 5.94. The van der Waals surface area contributed by atoms with E-state index >= 15 is 0 Å². The maximum atomic E-state index is 6.15. The van der Waals surface area contributed by atoms with Crippen molar-refractivity contribution in [2.45, 2.75) is 38.3 Å². The van der Waals surface area contributed by atoms with Gasteiger partial charge in [0.2, 0.25) is 0 Å². The zero-order valence-corrected chi connectivity index (χ0v) is 7.59. The minimum absolute atomic E-state index is 0.0829. The summed E-state index contributed by atoms with van der Waals surface area (Å²) in [7, 11) is -0.0829. The number of hydrogen-bond donors (Lipinski definition) is 0. The molecule has 9 heavy (non-hydrogen) atoms. The van der Waals surface area contributed by atoms with E-state index in [2.05, 4.69) is 6.92 Å². The summed E-state index contributed by atoms with van der Waals surface area (Å²) in [4.78, 5) is 0. The van der Waals surface area contributed by atoms with Crippen LogP contribution in [0.15, 0.2) is 0 Å². The van der Waals surface area contributed by atoms with Crippen molar-refractivity contribution in [2.75, 3.05) is 6.16 Å². The predicted molar refractivity (Wildman–Crippen MR) is 45.6 cm³/mol. The van der Waals surface area contributed by atoms with E-state index in [0.717, 1.165) is 5.66 Å². The van der Waals surface area contributed by atoms with Gasteiger partial charge in [-0.2, -0.15) is 0 Å². The Balaban J connectivity index is 2.08. The SMILES string of the molecule is CCCP(Cl)C1CCC1. The molecule has 0 heterocycles. The summed E-state index contributed by atoms with van der Waals surface area (Å²) in [5, 5.41) is 0. The molecule has 1 rings (SSSR count). The quantitative estimate of drug-likeness (QED) is 0.560. The van der Waals surface area contributed by atoms with Gasteiger partial charge in [-0.3, -0.25) is 0 Å². The van der Waals surface area contributed by atoms with Gasteiger partial charge < -0.3 is 0 Å². The second-order valence-electron chi connectivity index (χ2n) is 2.71. The third-order valence-electron chi connectivity index (χ3n) is 1.91. The summed E-state index contributed by atoms with van der Waals surface area (Å²) in [5.41, 5.74) is 0.932. The van der Waals surface area contributed by atoms with Gasteiger partial charge >= 0.3 is 0 Å². The first-order chi connectivity index (χ1) is 4.34. The minimum Gasteiger partial charge on any atom is -0.0961 e. The molecule has 0 radical (unpaired) electrons. The summed E-state index contributed by atoms with van der Waals surface area (Å²) in [6.45, 7) is 2.22. The van der Waals surface area contributed by atoms with Crippen molar-refractivity contribution in [3.8, 4) is 0 Å². The Kier molecular flexibility index (Phi) is 3.29. The molecule has 0 aliphatic heterocycles. The fraction of sp³-hybridized carbons (Fsp3) is 1.00. The van der Waals surface area contributed by atoms with Crippen molar-refractivity contribution >= 4 is 18.5 Å². The van der Waals surface area contributed by atoms with E-state index < -0.39 is 0 Å². The Bertz CT molecular complexity index is 81.0. The van der Waals surface area contributed by atoms with E-state index in [-0.39, 0.29) is 7.27 Å². The van der Waals surface area contributed by atoms with Crippen LogP contribution >= 0.6 is 18.5 Å². The molecule has 0 aromatic rings. The summed E-state index contributed by atoms with van der Waals surface area (Å²) in [6.07, 6.45) is 6.80. The Morgan fingerprint density at radius 3 is 2.56 bits per heavy atom. The monoisotopic (exact) mass is 164 g/mol. The minimum atomic E-state index is -0.0829. The van der Waals surface area contributed by atoms with Gasteiger partial charge in [-0.25, -0.2) is 0 Å². The average Bonchev–Trinajstić information content (AvgIpc) is 1.60. The molecule has 0 amide bonds. The molecule has 54 valence electrons. The summed E-state index contributed by atoms with van der Waals surface area (Å²) in [5.74, 6) is 0. The molecule has 0 saturated heterocycles. The number of hydrogen-bond acceptors (Lipinski definition) is 0. The Morgan fingerprint density at radius 1 is 1.56 bits per heavy atom. The molecule has 0 aromatic heterocycles. The molecule has 1 aliphatic rings. The molecular weight excluding hydrogens is 151 g/mol. The van der Waals surface area contributed by atoms with E-state index in [0.29, 0.717) is 0 Å². The second kappa shape index (κ2) is 3.78. The Morgan fingerprint density at radius 2 is 2.22 bits per heavy atom. The van der Waals surface area contributed by atoms with Crippen LogP contribution in [0, 0.1) is 0 Å². The highest BCUT2D eigenvalue weighted by Gasteiger charge is 2.24. The molecule has 1 unspecified atom stereocenters. The summed E-state index contributed by atoms with van der Waals surface area (Å²) >= 11 is 6.15. The van der Waals surface area contributed by atoms with Crippen LogP contribution in [0.25, 0.3) is 0 Å². The third-order valence-corrected chi connectivity index (χ3v) is 5.43. The van der Waals surface area contributed by atoms with Crippen molar-refractivity contribution in [3.63, 3.8) is 0 Å². The zero-order chi connectivity index (χ0) is 6.69. The molecule has 0 spiro atoms. The highest BCUT2D eigenvalue weighted by Crippen LogP contribution is 2.54. The van der Waals surface area contributed by atoms with Crippen molar-refractivity contribution in [1.29, 1.82) is 0 Å². The van der Waals surface area contributed by atoms with E-state index in [1.807, 2.05) is 0 Å². The lowest BCUT2D eigenvalue weighted by Gasteiger charge is -2.29. The molecule has 1 aliphatic carbocycles. The summed E-state index contributed by atoms with van der Waals surface area (Å²) in [6, 6.07) is 0. The number of halogens is 1. The Labute approximate surface area is 63.5 Å². The van der Waals surface area contributed by atoms with Gasteiger partial charge in [-0.1, -0.05) is 31.0 Å². The van der Waals surface area contributed by atoms with Gasteiger partial charge in [0, 0.05) is 0 Å². The van der Waals surface area contributed by atoms with Crippen LogP contribution in [0.3, 0.4) is 0 Å². The molecular formula is C7H14ClP. The van der Waals surface area contributed by atoms with Crippen LogP contribution in [0.5, 0.6) is 0 Å². The lowest BCUT2D eigenvalue weighted by atomic mass is 10.00. The standard InChI is InChI=1S/C7H14ClP/c1-2-6-9(8)7-4-3-5-7/h7H,2-6H2,1H3. The predicted octanol–water partition coefficient (Wildman–Crippen LogP) is 3.58. The van der Waals surface area contributed by atoms with Crippen molar-refractivity contribution in [1.82, 2.24) is 0 Å². The summed E-state index contributed by atoms with van der Waals surface area (Å²) < 4.78 is 0. The highest BCUT2D eigenvalue weighted by molar-refractivity contribution is 7.84. The van der Waals surface area contributed by atoms with Gasteiger partial charge in [0.05, 0.1) is 0 Å². The molecule has 2 heteroatoms. The van der Waals surface area contributed by atoms with E-state index in [9.17, 15) is 0 Å². The van der Waals surface area contributed by atoms with Crippen LogP contribution in [-0.2, 0) is 0 Å². The average molecular weight is 165 g/mol. The Hall–Kier alpha value is 0.720. The largest absolute Gasteiger partial charge is 0.0961 e. The molecule has 0 N–H and O–H groups in total. The van der Waals surface area contributed by atoms with E-state index in [1.54, 1.807) is 0 Å². The molecule has 0 nitrogen and oxygen atoms in total. The van der Waals surface area contributed by atoms with Crippen LogP contribution in [0.1, 0.15) is 32.6 Å². The van der Waals surface area contributed by atoms with Gasteiger partial charge in [0.15, 0.2) is 0 Å². The van der Waals surface area contributed by atoms with Gasteiger partial charge in [0.1, 0.15) is 0 Å². The van der Waals surface area contributed by atoms with Crippen LogP contribution in [-0.4, -0.2) is 11.8 Å². The van der Waals surface area contributed by atoms with Crippen molar-refractivity contribution < 1.29 is 0 Å². The first-order valence-electron chi connectivity index (χ1n) is 3.77. The van der Waals surface area contributed by atoms with Gasteiger partial charge in [-0.15, -0.1) is 0 Å². The maximum Gasteiger partial charge on any atom is -0.00657 e. The van der Waals surface area contributed by atoms with E-state index in [1.165, 1.54) is 31.8 Å². The van der Waals surface area contributed by atoms with Gasteiger partial charge in [-0.05, 0) is 31.9 Å². The van der Waals surface area contributed by atoms with Crippen LogP contribution < -0.4 is 0 Å². The lowest BCUT2D eigenvalue weighted by Crippen LogP contribution is -2.14. The number of rotatable bonds is 3. The molecule has 1 fully saturated rings. The second-order valence-corrected chi connectivity index (χ2v) is 5.99. The third kappa shape index (κ3) is 2.09. The fourth-order valence-electron chi connectivity index (χ4n) is 1.06. The molecule has 1 atom stereocenters. The topological polar surface area (TPSA) is 0 Å². The molecule has 0 bridgehead atoms. The van der Waals surface area contributed by atoms with Crippen molar-refractivity contribution in [3.05, 3.63) is 0 Å². The molecule has 0 aromatic carbocycles. The lowest BCUT2D eigenvalue weighted by molar-refractivity contribution is 0.516. The van der Waals surface area contributed by atoms with Crippen LogP contribution in [0.4, 0.5) is 0 Å². The molecule has 1 saturated carbocycles. The van der Waals surface area contributed by atoms with Crippen LogP contribution in [0.2, 0.25) is 0 Å². The van der Waals surface area contributed by atoms with E-state index in [4.69, 9.17) is 11.2 Å². The first kappa shape index (κ1) is 7.82. The highest BCUT2D eigenvalue weighted by atomic mass is 35.7. The maximum absolute atomic E-state index is 6.15. The fourth-order valence-corrected chi connectivity index (χ4v) is 3.87. The smallest absolute Gasteiger partial charge is 0.00657 e.